The van der Waals surface area contributed by atoms with E-state index in [0.29, 0.717) is 5.92 Å². The van der Waals surface area contributed by atoms with Gasteiger partial charge in [-0.3, -0.25) is 0 Å². The van der Waals surface area contributed by atoms with Crippen molar-refractivity contribution in [2.24, 2.45) is 0 Å². The van der Waals surface area contributed by atoms with E-state index in [1.165, 1.54) is 28.8 Å². The Balaban J connectivity index is 2.49. The highest BCUT2D eigenvalue weighted by Gasteiger charge is 2.14. The van der Waals surface area contributed by atoms with Gasteiger partial charge in [-0.05, 0) is 41.5 Å². The zero-order chi connectivity index (χ0) is 10.1. The van der Waals surface area contributed by atoms with E-state index < -0.39 is 0 Å². The summed E-state index contributed by atoms with van der Waals surface area (Å²) in [5.41, 5.74) is 5.92. The van der Waals surface area contributed by atoms with Gasteiger partial charge < -0.3 is 5.32 Å². The summed E-state index contributed by atoms with van der Waals surface area (Å²) in [5.74, 6) is 0.637. The van der Waals surface area contributed by atoms with Crippen molar-refractivity contribution in [2.75, 3.05) is 11.9 Å². The summed E-state index contributed by atoms with van der Waals surface area (Å²) < 4.78 is 0. The predicted molar refractivity (Wildman–Crippen MR) is 62.1 cm³/mol. The lowest BCUT2D eigenvalue weighted by Gasteiger charge is -2.14. The van der Waals surface area contributed by atoms with Gasteiger partial charge in [-0.15, -0.1) is 0 Å². The number of hydrogen-bond donors (Lipinski definition) is 1. The Morgan fingerprint density at radius 2 is 2.14 bits per heavy atom. The third kappa shape index (κ3) is 1.52. The van der Waals surface area contributed by atoms with Crippen LogP contribution in [0.25, 0.3) is 0 Å². The zero-order valence-electron chi connectivity index (χ0n) is 9.35. The number of benzene rings is 1. The van der Waals surface area contributed by atoms with Crippen molar-refractivity contribution < 1.29 is 0 Å². The van der Waals surface area contributed by atoms with Gasteiger partial charge >= 0.3 is 0 Å². The van der Waals surface area contributed by atoms with Crippen molar-refractivity contribution in [1.82, 2.24) is 0 Å². The van der Waals surface area contributed by atoms with Crippen LogP contribution in [0, 0.1) is 0 Å². The molecule has 0 spiro atoms. The topological polar surface area (TPSA) is 12.0 Å². The van der Waals surface area contributed by atoms with Crippen molar-refractivity contribution in [1.29, 1.82) is 0 Å². The van der Waals surface area contributed by atoms with E-state index in [1.807, 2.05) is 0 Å². The summed E-state index contributed by atoms with van der Waals surface area (Å²) in [6.45, 7) is 7.90. The summed E-state index contributed by atoms with van der Waals surface area (Å²) in [7, 11) is 0. The summed E-state index contributed by atoms with van der Waals surface area (Å²) in [6, 6.07) is 4.75. The van der Waals surface area contributed by atoms with E-state index in [0.717, 1.165) is 13.0 Å². The molecule has 0 fully saturated rings. The molecule has 2 rings (SSSR count). The minimum Gasteiger partial charge on any atom is -0.384 e. The van der Waals surface area contributed by atoms with Crippen molar-refractivity contribution in [3.8, 4) is 0 Å². The monoisotopic (exact) mass is 189 g/mol. The lowest BCUT2D eigenvalue weighted by molar-refractivity contribution is 0.844. The van der Waals surface area contributed by atoms with Gasteiger partial charge in [-0.25, -0.2) is 0 Å². The quantitative estimate of drug-likeness (QED) is 0.752. The first-order valence-corrected chi connectivity index (χ1v) is 5.62. The molecule has 0 atom stereocenters. The van der Waals surface area contributed by atoms with E-state index >= 15 is 0 Å². The molecule has 0 aliphatic carbocycles. The third-order valence-electron chi connectivity index (χ3n) is 3.08. The molecule has 0 amide bonds. The van der Waals surface area contributed by atoms with Gasteiger partial charge in [-0.1, -0.05) is 26.8 Å². The summed E-state index contributed by atoms with van der Waals surface area (Å²) in [4.78, 5) is 0. The first kappa shape index (κ1) is 9.57. The fourth-order valence-corrected chi connectivity index (χ4v) is 2.26. The standard InChI is InChI=1S/C13H19N/c1-4-10-7-11-5-6-14-13(11)8-12(10)9(2)3/h7-9,14H,4-6H2,1-3H3. The maximum Gasteiger partial charge on any atom is 0.0376 e. The van der Waals surface area contributed by atoms with Gasteiger partial charge in [0.2, 0.25) is 0 Å². The molecule has 0 saturated heterocycles. The van der Waals surface area contributed by atoms with Crippen LogP contribution in [0.4, 0.5) is 5.69 Å². The molecule has 0 saturated carbocycles. The van der Waals surface area contributed by atoms with Crippen LogP contribution in [0.1, 0.15) is 43.4 Å². The number of fused-ring (bicyclic) bond motifs is 1. The van der Waals surface area contributed by atoms with Crippen molar-refractivity contribution >= 4 is 5.69 Å². The molecular formula is C13H19N. The molecule has 1 aromatic rings. The molecule has 0 bridgehead atoms. The third-order valence-corrected chi connectivity index (χ3v) is 3.08. The fourth-order valence-electron chi connectivity index (χ4n) is 2.26. The first-order chi connectivity index (χ1) is 6.72. The first-order valence-electron chi connectivity index (χ1n) is 5.62. The van der Waals surface area contributed by atoms with Crippen LogP contribution in [-0.4, -0.2) is 6.54 Å². The van der Waals surface area contributed by atoms with E-state index in [9.17, 15) is 0 Å². The minimum absolute atomic E-state index is 0.637. The molecule has 1 aliphatic rings. The van der Waals surface area contributed by atoms with Gasteiger partial charge in [0.15, 0.2) is 0 Å². The molecule has 1 nitrogen and oxygen atoms in total. The summed E-state index contributed by atoms with van der Waals surface area (Å²) in [5, 5.41) is 3.45. The number of rotatable bonds is 2. The maximum atomic E-state index is 3.45. The molecule has 14 heavy (non-hydrogen) atoms. The van der Waals surface area contributed by atoms with Gasteiger partial charge in [0.25, 0.3) is 0 Å². The van der Waals surface area contributed by atoms with Gasteiger partial charge in [-0.2, -0.15) is 0 Å². The molecular weight excluding hydrogens is 170 g/mol. The fraction of sp³-hybridized carbons (Fsp3) is 0.538. The number of hydrogen-bond acceptors (Lipinski definition) is 1. The van der Waals surface area contributed by atoms with Crippen LogP contribution in [0.3, 0.4) is 0 Å². The normalized spacial score (nSPS) is 14.3. The molecule has 1 heteroatoms. The van der Waals surface area contributed by atoms with Crippen LogP contribution in [-0.2, 0) is 12.8 Å². The molecule has 0 radical (unpaired) electrons. The average Bonchev–Trinajstić information content (AvgIpc) is 2.62. The van der Waals surface area contributed by atoms with Gasteiger partial charge in [0.05, 0.1) is 0 Å². The van der Waals surface area contributed by atoms with Crippen LogP contribution in [0.15, 0.2) is 12.1 Å². The number of anilines is 1. The van der Waals surface area contributed by atoms with Crippen LogP contribution >= 0.6 is 0 Å². The Hall–Kier alpha value is -0.980. The van der Waals surface area contributed by atoms with Crippen LogP contribution in [0.5, 0.6) is 0 Å². The van der Waals surface area contributed by atoms with Crippen LogP contribution < -0.4 is 5.32 Å². The minimum atomic E-state index is 0.637. The number of aryl methyl sites for hydroxylation is 1. The molecule has 1 N–H and O–H groups in total. The molecule has 76 valence electrons. The van der Waals surface area contributed by atoms with E-state index in [-0.39, 0.29) is 0 Å². The largest absolute Gasteiger partial charge is 0.384 e. The van der Waals surface area contributed by atoms with Crippen molar-refractivity contribution in [3.05, 3.63) is 28.8 Å². The lowest BCUT2D eigenvalue weighted by atomic mass is 9.93. The number of nitrogens with one attached hydrogen (secondary N) is 1. The second-order valence-corrected chi connectivity index (χ2v) is 4.39. The molecule has 1 heterocycles. The maximum absolute atomic E-state index is 3.45. The second-order valence-electron chi connectivity index (χ2n) is 4.39. The SMILES string of the molecule is CCc1cc2c(cc1C(C)C)NCC2. The van der Waals surface area contributed by atoms with Gasteiger partial charge in [0, 0.05) is 12.2 Å². The Morgan fingerprint density at radius 1 is 1.36 bits per heavy atom. The predicted octanol–water partition coefficient (Wildman–Crippen LogP) is 3.34. The Bertz CT molecular complexity index is 339. The van der Waals surface area contributed by atoms with E-state index in [4.69, 9.17) is 0 Å². The molecule has 1 aromatic carbocycles. The molecule has 1 aliphatic heterocycles. The Labute approximate surface area is 86.5 Å². The smallest absolute Gasteiger partial charge is 0.0376 e. The average molecular weight is 189 g/mol. The Morgan fingerprint density at radius 3 is 2.79 bits per heavy atom. The summed E-state index contributed by atoms with van der Waals surface area (Å²) in [6.07, 6.45) is 2.35. The van der Waals surface area contributed by atoms with E-state index in [2.05, 4.69) is 38.2 Å². The van der Waals surface area contributed by atoms with Gasteiger partial charge in [0.1, 0.15) is 0 Å². The molecule has 0 unspecified atom stereocenters. The highest BCUT2D eigenvalue weighted by atomic mass is 14.9. The molecule has 0 aromatic heterocycles. The highest BCUT2D eigenvalue weighted by molar-refractivity contribution is 5.59. The zero-order valence-corrected chi connectivity index (χ0v) is 9.35. The Kier molecular flexibility index (Phi) is 2.49. The highest BCUT2D eigenvalue weighted by Crippen LogP contribution is 2.30. The van der Waals surface area contributed by atoms with Crippen LogP contribution in [0.2, 0.25) is 0 Å². The van der Waals surface area contributed by atoms with Crippen molar-refractivity contribution in [3.63, 3.8) is 0 Å². The second kappa shape index (κ2) is 3.64. The van der Waals surface area contributed by atoms with E-state index in [1.54, 1.807) is 0 Å². The summed E-state index contributed by atoms with van der Waals surface area (Å²) >= 11 is 0. The van der Waals surface area contributed by atoms with Crippen molar-refractivity contribution in [2.45, 2.75) is 39.5 Å². The lowest BCUT2D eigenvalue weighted by Crippen LogP contribution is -1.97.